The molecule has 92 valence electrons. The molecule has 0 unspecified atom stereocenters. The lowest BCUT2D eigenvalue weighted by Gasteiger charge is -2.04. The molecule has 1 aliphatic heterocycles. The van der Waals surface area contributed by atoms with E-state index in [1.165, 1.54) is 22.8 Å². The second-order valence-corrected chi connectivity index (χ2v) is 4.23. The number of alkyl halides is 3. The number of hydrogen-bond acceptors (Lipinski definition) is 0. The number of benzene rings is 1. The van der Waals surface area contributed by atoms with Crippen LogP contribution in [0.1, 0.15) is 11.1 Å². The molecule has 5 heteroatoms. The molecule has 1 aromatic heterocycles. The molecule has 18 heavy (non-hydrogen) atoms. The minimum Gasteiger partial charge on any atom is -0.207 e. The summed E-state index contributed by atoms with van der Waals surface area (Å²) in [6.45, 7) is 0.270. The number of hydrogen-bond donors (Lipinski definition) is 0. The van der Waals surface area contributed by atoms with Crippen LogP contribution < -0.4 is 4.57 Å². The van der Waals surface area contributed by atoms with E-state index < -0.39 is 11.7 Å². The van der Waals surface area contributed by atoms with Crippen LogP contribution in [-0.4, -0.2) is 0 Å². The average molecular weight is 254 g/mol. The number of rotatable bonds is 0. The van der Waals surface area contributed by atoms with Crippen LogP contribution in [0.2, 0.25) is 0 Å². The molecule has 1 aromatic carbocycles. The second kappa shape index (κ2) is 3.54. The van der Waals surface area contributed by atoms with E-state index in [-0.39, 0.29) is 12.4 Å². The van der Waals surface area contributed by atoms with Crippen LogP contribution >= 0.6 is 0 Å². The van der Waals surface area contributed by atoms with Gasteiger partial charge in [0.1, 0.15) is 11.4 Å². The fourth-order valence-corrected chi connectivity index (χ4v) is 2.21. The summed E-state index contributed by atoms with van der Waals surface area (Å²) in [6, 6.07) is 6.73. The summed E-state index contributed by atoms with van der Waals surface area (Å²) in [4.78, 5) is 0. The van der Waals surface area contributed by atoms with E-state index in [1.807, 2.05) is 0 Å². The third-order valence-corrected chi connectivity index (χ3v) is 3.04. The highest BCUT2D eigenvalue weighted by Gasteiger charge is 2.36. The van der Waals surface area contributed by atoms with Gasteiger partial charge in [0.2, 0.25) is 5.69 Å². The lowest BCUT2D eigenvalue weighted by molar-refractivity contribution is -0.673. The molecule has 1 nitrogen and oxygen atoms in total. The molecule has 3 rings (SSSR count). The Hall–Kier alpha value is -1.91. The van der Waals surface area contributed by atoms with E-state index in [0.717, 1.165) is 17.8 Å². The van der Waals surface area contributed by atoms with Gasteiger partial charge in [-0.25, -0.2) is 4.39 Å². The molecule has 2 aromatic rings. The van der Waals surface area contributed by atoms with Gasteiger partial charge < -0.3 is 0 Å². The zero-order valence-electron chi connectivity index (χ0n) is 9.13. The van der Waals surface area contributed by atoms with Gasteiger partial charge in [-0.1, -0.05) is 0 Å². The summed E-state index contributed by atoms with van der Waals surface area (Å²) in [5, 5.41) is 0. The lowest BCUT2D eigenvalue weighted by Crippen LogP contribution is -2.33. The van der Waals surface area contributed by atoms with Crippen LogP contribution in [0, 0.1) is 5.82 Å². The summed E-state index contributed by atoms with van der Waals surface area (Å²) >= 11 is 0. The Balaban J connectivity index is 2.12. The molecule has 0 bridgehead atoms. The van der Waals surface area contributed by atoms with Crippen molar-refractivity contribution < 1.29 is 22.1 Å². The predicted molar refractivity (Wildman–Crippen MR) is 56.1 cm³/mol. The Bertz CT molecular complexity index is 631. The third-order valence-electron chi connectivity index (χ3n) is 3.04. The average Bonchev–Trinajstić information content (AvgIpc) is 2.63. The highest BCUT2D eigenvalue weighted by molar-refractivity contribution is 5.63. The van der Waals surface area contributed by atoms with Crippen LogP contribution in [0.5, 0.6) is 0 Å². The highest BCUT2D eigenvalue weighted by atomic mass is 19.4. The molecule has 0 saturated carbocycles. The van der Waals surface area contributed by atoms with Crippen LogP contribution in [-0.2, 0) is 12.7 Å². The monoisotopic (exact) mass is 254 g/mol. The maximum Gasteiger partial charge on any atom is 0.422 e. The smallest absolute Gasteiger partial charge is 0.207 e. The molecular formula is C13H8F4N+. The largest absolute Gasteiger partial charge is 0.422 e. The Kier molecular flexibility index (Phi) is 2.20. The molecule has 0 fully saturated rings. The summed E-state index contributed by atoms with van der Waals surface area (Å²) < 4.78 is 52.3. The lowest BCUT2D eigenvalue weighted by atomic mass is 10.1. The summed E-state index contributed by atoms with van der Waals surface area (Å²) in [5.41, 5.74) is 1.47. The minimum atomic E-state index is -4.36. The maximum atomic E-state index is 13.1. The van der Waals surface area contributed by atoms with Gasteiger partial charge in [0.15, 0.2) is 12.7 Å². The molecule has 0 spiro atoms. The first-order chi connectivity index (χ1) is 8.45. The molecule has 0 atom stereocenters. The maximum absolute atomic E-state index is 13.1. The number of nitrogens with zero attached hydrogens (tertiary/aromatic N) is 1. The predicted octanol–water partition coefficient (Wildman–Crippen LogP) is 3.16. The summed E-state index contributed by atoms with van der Waals surface area (Å²) in [5.74, 6) is -0.377. The van der Waals surface area contributed by atoms with E-state index in [9.17, 15) is 17.6 Å². The van der Waals surface area contributed by atoms with E-state index in [4.69, 9.17) is 0 Å². The second-order valence-electron chi connectivity index (χ2n) is 4.23. The Labute approximate surface area is 100 Å². The Morgan fingerprint density at radius 2 is 1.83 bits per heavy atom. The topological polar surface area (TPSA) is 3.88 Å². The molecule has 0 radical (unpaired) electrons. The third kappa shape index (κ3) is 1.66. The summed E-state index contributed by atoms with van der Waals surface area (Å²) in [6.07, 6.45) is -3.30. The van der Waals surface area contributed by atoms with Crippen LogP contribution in [0.4, 0.5) is 17.6 Å². The number of pyridine rings is 1. The Morgan fingerprint density at radius 1 is 1.06 bits per heavy atom. The van der Waals surface area contributed by atoms with Gasteiger partial charge in [-0.3, -0.25) is 0 Å². The Morgan fingerprint density at radius 3 is 2.56 bits per heavy atom. The first kappa shape index (κ1) is 11.2. The van der Waals surface area contributed by atoms with Gasteiger partial charge in [-0.15, -0.1) is 0 Å². The van der Waals surface area contributed by atoms with Gasteiger partial charge in [0, 0.05) is 11.6 Å². The van der Waals surface area contributed by atoms with Crippen molar-refractivity contribution in [2.24, 2.45) is 0 Å². The van der Waals surface area contributed by atoms with Crippen molar-refractivity contribution in [3.63, 3.8) is 0 Å². The molecular weight excluding hydrogens is 246 g/mol. The van der Waals surface area contributed by atoms with E-state index in [2.05, 4.69) is 0 Å². The molecule has 0 saturated heterocycles. The van der Waals surface area contributed by atoms with Crippen LogP contribution in [0.15, 0.2) is 36.5 Å². The molecule has 0 aliphatic carbocycles. The van der Waals surface area contributed by atoms with Crippen molar-refractivity contribution in [1.29, 1.82) is 0 Å². The van der Waals surface area contributed by atoms with Crippen molar-refractivity contribution in [3.8, 4) is 11.3 Å². The highest BCUT2D eigenvalue weighted by Crippen LogP contribution is 2.32. The zero-order chi connectivity index (χ0) is 12.9. The quantitative estimate of drug-likeness (QED) is 0.428. The van der Waals surface area contributed by atoms with Gasteiger partial charge in [-0.05, 0) is 24.3 Å². The van der Waals surface area contributed by atoms with Gasteiger partial charge >= 0.3 is 6.18 Å². The first-order valence-electron chi connectivity index (χ1n) is 5.34. The van der Waals surface area contributed by atoms with Gasteiger partial charge in [0.25, 0.3) is 0 Å². The zero-order valence-corrected chi connectivity index (χ0v) is 9.13. The van der Waals surface area contributed by atoms with Crippen molar-refractivity contribution in [2.45, 2.75) is 12.7 Å². The number of aromatic nitrogens is 1. The molecule has 0 amide bonds. The molecule has 1 aliphatic rings. The van der Waals surface area contributed by atoms with Gasteiger partial charge in [-0.2, -0.15) is 17.7 Å². The first-order valence-corrected chi connectivity index (χ1v) is 5.34. The van der Waals surface area contributed by atoms with Crippen LogP contribution in [0.3, 0.4) is 0 Å². The molecule has 2 heterocycles. The van der Waals surface area contributed by atoms with Crippen LogP contribution in [0.25, 0.3) is 11.3 Å². The van der Waals surface area contributed by atoms with Crippen molar-refractivity contribution >= 4 is 0 Å². The fourth-order valence-electron chi connectivity index (χ4n) is 2.21. The minimum absolute atomic E-state index is 0.270. The van der Waals surface area contributed by atoms with Crippen molar-refractivity contribution in [1.82, 2.24) is 0 Å². The number of fused-ring (bicyclic) bond motifs is 3. The SMILES string of the molecule is Fc1ccc2c(c1)C[n+]1cc(C(F)(F)F)ccc1-2. The number of halogens is 4. The van der Waals surface area contributed by atoms with E-state index >= 15 is 0 Å². The fraction of sp³-hybridized carbons (Fsp3) is 0.154. The molecule has 0 N–H and O–H groups in total. The van der Waals surface area contributed by atoms with E-state index in [1.54, 1.807) is 6.07 Å². The standard InChI is InChI=1S/C13H8F4N/c14-10-2-3-11-8(5-10)6-18-7-9(13(15,16)17)1-4-12(11)18/h1-5,7H,6H2/q+1. The normalized spacial score (nSPS) is 13.3. The van der Waals surface area contributed by atoms with Gasteiger partial charge in [0.05, 0.1) is 5.56 Å². The van der Waals surface area contributed by atoms with Crippen molar-refractivity contribution in [3.05, 3.63) is 53.5 Å². The summed E-state index contributed by atoms with van der Waals surface area (Å²) in [7, 11) is 0. The van der Waals surface area contributed by atoms with E-state index in [0.29, 0.717) is 11.3 Å². The van der Waals surface area contributed by atoms with Crippen molar-refractivity contribution in [2.75, 3.05) is 0 Å².